The van der Waals surface area contributed by atoms with Gasteiger partial charge in [-0.05, 0) is 37.5 Å². The molecule has 1 aromatic rings. The molecule has 0 aliphatic heterocycles. The van der Waals surface area contributed by atoms with Gasteiger partial charge in [0.1, 0.15) is 5.75 Å². The van der Waals surface area contributed by atoms with Gasteiger partial charge in [0.2, 0.25) is 5.12 Å². The molecule has 16 heavy (non-hydrogen) atoms. The molecule has 4 heteroatoms. The van der Waals surface area contributed by atoms with Crippen LogP contribution >= 0.6 is 12.6 Å². The lowest BCUT2D eigenvalue weighted by molar-refractivity contribution is -0.112. The zero-order valence-corrected chi connectivity index (χ0v) is 10.2. The summed E-state index contributed by atoms with van der Waals surface area (Å²) in [6.07, 6.45) is 1.40. The zero-order chi connectivity index (χ0) is 12.0. The van der Waals surface area contributed by atoms with Gasteiger partial charge in [0, 0.05) is 0 Å². The van der Waals surface area contributed by atoms with E-state index in [1.807, 2.05) is 31.2 Å². The molecule has 0 saturated carbocycles. The molecule has 0 saturated heterocycles. The molecule has 0 bridgehead atoms. The molecule has 0 unspecified atom stereocenters. The third-order valence-electron chi connectivity index (χ3n) is 2.30. The van der Waals surface area contributed by atoms with Crippen LogP contribution in [0.5, 0.6) is 5.75 Å². The van der Waals surface area contributed by atoms with Crippen molar-refractivity contribution in [3.8, 4) is 5.75 Å². The maximum absolute atomic E-state index is 10.8. The van der Waals surface area contributed by atoms with E-state index in [9.17, 15) is 4.79 Å². The van der Waals surface area contributed by atoms with Crippen LogP contribution in [0.3, 0.4) is 0 Å². The molecule has 1 rings (SSSR count). The fourth-order valence-corrected chi connectivity index (χ4v) is 1.49. The van der Waals surface area contributed by atoms with Gasteiger partial charge < -0.3 is 10.5 Å². The van der Waals surface area contributed by atoms with E-state index in [-0.39, 0.29) is 5.12 Å². The van der Waals surface area contributed by atoms with Gasteiger partial charge in [-0.2, -0.15) is 0 Å². The van der Waals surface area contributed by atoms with Crippen molar-refractivity contribution in [2.45, 2.75) is 25.8 Å². The van der Waals surface area contributed by atoms with Gasteiger partial charge in [0.15, 0.2) is 0 Å². The first-order chi connectivity index (χ1) is 7.63. The average molecular weight is 239 g/mol. The molecule has 0 aromatic heterocycles. The Morgan fingerprint density at radius 3 is 2.56 bits per heavy atom. The summed E-state index contributed by atoms with van der Waals surface area (Å²) in [6, 6.07) is 7.34. The largest absolute Gasteiger partial charge is 0.494 e. The molecular formula is C12H17NO2S. The lowest BCUT2D eigenvalue weighted by Gasteiger charge is -2.07. The lowest BCUT2D eigenvalue weighted by atomic mass is 10.1. The summed E-state index contributed by atoms with van der Waals surface area (Å²) in [5, 5.41) is -0.258. The van der Waals surface area contributed by atoms with Crippen molar-refractivity contribution in [3.63, 3.8) is 0 Å². The molecule has 0 aliphatic carbocycles. The van der Waals surface area contributed by atoms with Crippen LogP contribution in [0.4, 0.5) is 0 Å². The Bertz CT molecular complexity index is 337. The molecule has 0 heterocycles. The van der Waals surface area contributed by atoms with E-state index >= 15 is 0 Å². The molecule has 3 nitrogen and oxygen atoms in total. The molecule has 0 spiro atoms. The van der Waals surface area contributed by atoms with Gasteiger partial charge >= 0.3 is 0 Å². The van der Waals surface area contributed by atoms with Gasteiger partial charge in [-0.1, -0.05) is 12.1 Å². The summed E-state index contributed by atoms with van der Waals surface area (Å²) < 4.78 is 5.33. The smallest absolute Gasteiger partial charge is 0.202 e. The van der Waals surface area contributed by atoms with E-state index in [1.54, 1.807) is 0 Å². The first kappa shape index (κ1) is 13.1. The number of aryl methyl sites for hydroxylation is 1. The van der Waals surface area contributed by atoms with Gasteiger partial charge in [-0.15, -0.1) is 12.6 Å². The van der Waals surface area contributed by atoms with Crippen LogP contribution in [-0.4, -0.2) is 17.8 Å². The number of carbonyl (C=O) groups is 1. The summed E-state index contributed by atoms with van der Waals surface area (Å²) in [5.41, 5.74) is 6.74. The monoisotopic (exact) mass is 239 g/mol. The zero-order valence-electron chi connectivity index (χ0n) is 9.35. The van der Waals surface area contributed by atoms with E-state index in [4.69, 9.17) is 10.5 Å². The second-order valence-electron chi connectivity index (χ2n) is 3.56. The van der Waals surface area contributed by atoms with Crippen LogP contribution in [0.25, 0.3) is 0 Å². The predicted molar refractivity (Wildman–Crippen MR) is 67.9 cm³/mol. The molecule has 1 atom stereocenters. The number of hydrogen-bond donors (Lipinski definition) is 2. The fraction of sp³-hybridized carbons (Fsp3) is 0.417. The third-order valence-corrected chi connectivity index (χ3v) is 2.63. The number of nitrogens with two attached hydrogens (primary N) is 1. The normalized spacial score (nSPS) is 12.2. The van der Waals surface area contributed by atoms with E-state index in [0.29, 0.717) is 13.0 Å². The Kier molecular flexibility index (Phi) is 5.35. The first-order valence-electron chi connectivity index (χ1n) is 5.33. The van der Waals surface area contributed by atoms with Crippen LogP contribution in [0.1, 0.15) is 18.9 Å². The molecule has 2 N–H and O–H groups in total. The number of thiol groups is 1. The molecule has 88 valence electrons. The van der Waals surface area contributed by atoms with Gasteiger partial charge in [0.05, 0.1) is 12.6 Å². The van der Waals surface area contributed by atoms with Crippen molar-refractivity contribution >= 4 is 17.7 Å². The van der Waals surface area contributed by atoms with Crippen LogP contribution in [0.15, 0.2) is 24.3 Å². The Hall–Kier alpha value is -1.00. The SMILES string of the molecule is CCOc1ccc(CC[C@H](N)C(=O)S)cc1. The summed E-state index contributed by atoms with van der Waals surface area (Å²) >= 11 is 3.70. The molecule has 0 aliphatic rings. The topological polar surface area (TPSA) is 52.3 Å². The average Bonchev–Trinajstić information content (AvgIpc) is 2.28. The standard InChI is InChI=1S/C12H17NO2S/c1-2-15-10-6-3-9(4-7-10)5-8-11(13)12(14)16/h3-4,6-7,11H,2,5,8,13H2,1H3,(H,14,16)/t11-/m0/s1. The molecular weight excluding hydrogens is 222 g/mol. The first-order valence-corrected chi connectivity index (χ1v) is 5.78. The second-order valence-corrected chi connectivity index (χ2v) is 4.00. The van der Waals surface area contributed by atoms with Crippen LogP contribution in [-0.2, 0) is 11.2 Å². The van der Waals surface area contributed by atoms with Crippen LogP contribution < -0.4 is 10.5 Å². The Morgan fingerprint density at radius 2 is 2.06 bits per heavy atom. The number of rotatable bonds is 6. The second kappa shape index (κ2) is 6.55. The molecule has 1 aromatic carbocycles. The van der Waals surface area contributed by atoms with Crippen molar-refractivity contribution in [1.82, 2.24) is 0 Å². The van der Waals surface area contributed by atoms with Crippen molar-refractivity contribution in [2.75, 3.05) is 6.61 Å². The highest BCUT2D eigenvalue weighted by atomic mass is 32.1. The van der Waals surface area contributed by atoms with E-state index in [1.165, 1.54) is 0 Å². The highest BCUT2D eigenvalue weighted by Crippen LogP contribution is 2.13. The Balaban J connectivity index is 2.46. The number of hydrogen-bond acceptors (Lipinski definition) is 3. The van der Waals surface area contributed by atoms with Gasteiger partial charge in [-0.25, -0.2) is 0 Å². The minimum Gasteiger partial charge on any atom is -0.494 e. The summed E-state index contributed by atoms with van der Waals surface area (Å²) in [5.74, 6) is 0.862. The van der Waals surface area contributed by atoms with Gasteiger partial charge in [-0.3, -0.25) is 4.79 Å². The maximum Gasteiger partial charge on any atom is 0.202 e. The summed E-state index contributed by atoms with van der Waals surface area (Å²) in [7, 11) is 0. The van der Waals surface area contributed by atoms with E-state index < -0.39 is 6.04 Å². The maximum atomic E-state index is 10.8. The predicted octanol–water partition coefficient (Wildman–Crippen LogP) is 1.80. The Labute approximate surface area is 101 Å². The quantitative estimate of drug-likeness (QED) is 0.744. The van der Waals surface area contributed by atoms with Gasteiger partial charge in [0.25, 0.3) is 0 Å². The van der Waals surface area contributed by atoms with Crippen molar-refractivity contribution in [2.24, 2.45) is 5.73 Å². The van der Waals surface area contributed by atoms with E-state index in [2.05, 4.69) is 12.6 Å². The van der Waals surface area contributed by atoms with Crippen LogP contribution in [0, 0.1) is 0 Å². The third kappa shape index (κ3) is 4.24. The molecule has 0 radical (unpaired) electrons. The Morgan fingerprint density at radius 1 is 1.44 bits per heavy atom. The van der Waals surface area contributed by atoms with Crippen molar-refractivity contribution < 1.29 is 9.53 Å². The highest BCUT2D eigenvalue weighted by Gasteiger charge is 2.08. The summed E-state index contributed by atoms with van der Waals surface area (Å²) in [4.78, 5) is 10.8. The van der Waals surface area contributed by atoms with Crippen molar-refractivity contribution in [3.05, 3.63) is 29.8 Å². The minimum absolute atomic E-state index is 0.258. The highest BCUT2D eigenvalue weighted by molar-refractivity contribution is 7.96. The number of benzene rings is 1. The minimum atomic E-state index is -0.477. The fourth-order valence-electron chi connectivity index (χ4n) is 1.36. The van der Waals surface area contributed by atoms with Crippen LogP contribution in [0.2, 0.25) is 0 Å². The number of carbonyl (C=O) groups excluding carboxylic acids is 1. The molecule has 0 amide bonds. The summed E-state index contributed by atoms with van der Waals surface area (Å²) in [6.45, 7) is 2.61. The number of ether oxygens (including phenoxy) is 1. The lowest BCUT2D eigenvalue weighted by Crippen LogP contribution is -2.27. The molecule has 0 fully saturated rings. The van der Waals surface area contributed by atoms with E-state index in [0.717, 1.165) is 17.7 Å². The van der Waals surface area contributed by atoms with Crippen molar-refractivity contribution in [1.29, 1.82) is 0 Å².